The highest BCUT2D eigenvalue weighted by Crippen LogP contribution is 2.25. The first-order valence-corrected chi connectivity index (χ1v) is 9.22. The maximum Gasteiger partial charge on any atom is 0.323 e. The zero-order valence-electron chi connectivity index (χ0n) is 14.4. The van der Waals surface area contributed by atoms with Gasteiger partial charge in [0.25, 0.3) is 0 Å². The molecule has 0 aliphatic carbocycles. The second-order valence-electron chi connectivity index (χ2n) is 7.01. The van der Waals surface area contributed by atoms with Crippen LogP contribution in [0, 0.1) is 6.92 Å². The smallest absolute Gasteiger partial charge is 0.323 e. The standard InChI is InChI=1S/C16H20N4O4S/c1-9-5-11-12(19-15(21)18-11)6-13(9)25(22,23)17-7-10-8-24-20-14(10)16(2,3)4/h5-6,8,17H,7H2,1-4H3,(H2,18,19,21). The van der Waals surface area contributed by atoms with Gasteiger partial charge in [-0.15, -0.1) is 0 Å². The summed E-state index contributed by atoms with van der Waals surface area (Å²) < 4.78 is 33.0. The number of aryl methyl sites for hydroxylation is 1. The summed E-state index contributed by atoms with van der Waals surface area (Å²) in [6.45, 7) is 7.68. The van der Waals surface area contributed by atoms with E-state index in [2.05, 4.69) is 19.8 Å². The van der Waals surface area contributed by atoms with E-state index < -0.39 is 10.0 Å². The molecule has 134 valence electrons. The number of H-pyrrole nitrogens is 2. The third kappa shape index (κ3) is 3.38. The number of fused-ring (bicyclic) bond motifs is 1. The Bertz CT molecular complexity index is 1080. The van der Waals surface area contributed by atoms with Gasteiger partial charge in [0, 0.05) is 17.5 Å². The van der Waals surface area contributed by atoms with Crippen molar-refractivity contribution in [1.82, 2.24) is 19.8 Å². The van der Waals surface area contributed by atoms with Gasteiger partial charge in [-0.3, -0.25) is 0 Å². The summed E-state index contributed by atoms with van der Waals surface area (Å²) in [4.78, 5) is 16.7. The average Bonchev–Trinajstić information content (AvgIpc) is 3.08. The first-order chi connectivity index (χ1) is 11.6. The topological polar surface area (TPSA) is 121 Å². The summed E-state index contributed by atoms with van der Waals surface area (Å²) in [5, 5.41) is 3.97. The van der Waals surface area contributed by atoms with Gasteiger partial charge in [0.05, 0.1) is 21.6 Å². The molecule has 0 atom stereocenters. The fourth-order valence-electron chi connectivity index (χ4n) is 2.71. The highest BCUT2D eigenvalue weighted by atomic mass is 32.2. The van der Waals surface area contributed by atoms with E-state index in [1.54, 1.807) is 13.0 Å². The predicted octanol–water partition coefficient (Wildman–Crippen LogP) is 1.93. The van der Waals surface area contributed by atoms with Crippen LogP contribution in [0.15, 0.2) is 32.6 Å². The number of aromatic nitrogens is 3. The van der Waals surface area contributed by atoms with Crippen molar-refractivity contribution in [2.75, 3.05) is 0 Å². The lowest BCUT2D eigenvalue weighted by Crippen LogP contribution is -2.25. The fourth-order valence-corrected chi connectivity index (χ4v) is 3.97. The molecule has 8 nitrogen and oxygen atoms in total. The van der Waals surface area contributed by atoms with E-state index in [-0.39, 0.29) is 22.5 Å². The summed E-state index contributed by atoms with van der Waals surface area (Å²) in [5.41, 5.74) is 2.30. The first kappa shape index (κ1) is 17.4. The number of aromatic amines is 2. The normalized spacial score (nSPS) is 12.8. The monoisotopic (exact) mass is 364 g/mol. The maximum atomic E-state index is 12.7. The van der Waals surface area contributed by atoms with E-state index in [1.165, 1.54) is 12.3 Å². The molecule has 0 saturated carbocycles. The van der Waals surface area contributed by atoms with Gasteiger partial charge in [0.1, 0.15) is 6.26 Å². The molecule has 9 heteroatoms. The Morgan fingerprint density at radius 2 is 1.84 bits per heavy atom. The second kappa shape index (κ2) is 5.85. The number of nitrogens with one attached hydrogen (secondary N) is 3. The van der Waals surface area contributed by atoms with E-state index in [0.29, 0.717) is 27.9 Å². The van der Waals surface area contributed by atoms with Crippen molar-refractivity contribution in [3.8, 4) is 0 Å². The Morgan fingerprint density at radius 1 is 1.20 bits per heavy atom. The van der Waals surface area contributed by atoms with Gasteiger partial charge in [-0.05, 0) is 24.6 Å². The summed E-state index contributed by atoms with van der Waals surface area (Å²) in [5.74, 6) is 0. The summed E-state index contributed by atoms with van der Waals surface area (Å²) >= 11 is 0. The molecule has 0 unspecified atom stereocenters. The minimum Gasteiger partial charge on any atom is -0.364 e. The molecule has 0 aliphatic heterocycles. The lowest BCUT2D eigenvalue weighted by Gasteiger charge is -2.16. The zero-order chi connectivity index (χ0) is 18.4. The van der Waals surface area contributed by atoms with E-state index >= 15 is 0 Å². The highest BCUT2D eigenvalue weighted by Gasteiger charge is 2.24. The molecule has 3 rings (SSSR count). The lowest BCUT2D eigenvalue weighted by atomic mass is 9.90. The predicted molar refractivity (Wildman–Crippen MR) is 92.9 cm³/mol. The van der Waals surface area contributed by atoms with Crippen LogP contribution in [0.2, 0.25) is 0 Å². The van der Waals surface area contributed by atoms with Crippen molar-refractivity contribution >= 4 is 21.1 Å². The third-order valence-electron chi connectivity index (χ3n) is 3.91. The van der Waals surface area contributed by atoms with Crippen molar-refractivity contribution in [2.24, 2.45) is 0 Å². The van der Waals surface area contributed by atoms with Gasteiger partial charge in [-0.1, -0.05) is 25.9 Å². The van der Waals surface area contributed by atoms with E-state index in [9.17, 15) is 13.2 Å². The van der Waals surface area contributed by atoms with Crippen molar-refractivity contribution in [1.29, 1.82) is 0 Å². The minimum absolute atomic E-state index is 0.0690. The Morgan fingerprint density at radius 3 is 2.48 bits per heavy atom. The van der Waals surface area contributed by atoms with Gasteiger partial charge in [0.15, 0.2) is 0 Å². The largest absolute Gasteiger partial charge is 0.364 e. The first-order valence-electron chi connectivity index (χ1n) is 7.74. The van der Waals surface area contributed by atoms with Crippen LogP contribution in [0.1, 0.15) is 37.6 Å². The maximum absolute atomic E-state index is 12.7. The summed E-state index contributed by atoms with van der Waals surface area (Å²) in [7, 11) is -3.77. The van der Waals surface area contributed by atoms with Gasteiger partial charge >= 0.3 is 5.69 Å². The van der Waals surface area contributed by atoms with Crippen molar-refractivity contribution in [3.63, 3.8) is 0 Å². The van der Waals surface area contributed by atoms with Gasteiger partial charge < -0.3 is 14.5 Å². The van der Waals surface area contributed by atoms with Crippen LogP contribution in [0.3, 0.4) is 0 Å². The van der Waals surface area contributed by atoms with E-state index in [0.717, 1.165) is 0 Å². The molecule has 2 aromatic heterocycles. The molecular formula is C16H20N4O4S. The Kier molecular flexibility index (Phi) is 4.08. The Balaban J connectivity index is 1.91. The van der Waals surface area contributed by atoms with Gasteiger partial charge in [0.2, 0.25) is 10.0 Å². The van der Waals surface area contributed by atoms with Crippen LogP contribution in [0.5, 0.6) is 0 Å². The van der Waals surface area contributed by atoms with Crippen LogP contribution < -0.4 is 10.4 Å². The van der Waals surface area contributed by atoms with Crippen LogP contribution in [-0.2, 0) is 22.0 Å². The number of hydrogen-bond donors (Lipinski definition) is 3. The van der Waals surface area contributed by atoms with Crippen LogP contribution in [0.4, 0.5) is 0 Å². The quantitative estimate of drug-likeness (QED) is 0.653. The lowest BCUT2D eigenvalue weighted by molar-refractivity contribution is 0.393. The molecule has 1 aromatic carbocycles. The Labute approximate surface area is 144 Å². The third-order valence-corrected chi connectivity index (χ3v) is 5.45. The van der Waals surface area contributed by atoms with Crippen molar-refractivity contribution in [2.45, 2.75) is 44.6 Å². The van der Waals surface area contributed by atoms with Crippen LogP contribution in [0.25, 0.3) is 11.0 Å². The summed E-state index contributed by atoms with van der Waals surface area (Å²) in [6.07, 6.45) is 1.45. The molecule has 0 aliphatic rings. The molecule has 0 saturated heterocycles. The number of imidazole rings is 1. The molecule has 25 heavy (non-hydrogen) atoms. The molecule has 0 radical (unpaired) electrons. The average molecular weight is 364 g/mol. The summed E-state index contributed by atoms with van der Waals surface area (Å²) in [6, 6.07) is 3.07. The van der Waals surface area contributed by atoms with Gasteiger partial charge in [-0.2, -0.15) is 0 Å². The number of hydrogen-bond acceptors (Lipinski definition) is 5. The minimum atomic E-state index is -3.77. The fraction of sp³-hybridized carbons (Fsp3) is 0.375. The van der Waals surface area contributed by atoms with Crippen LogP contribution in [-0.4, -0.2) is 23.5 Å². The van der Waals surface area contributed by atoms with Crippen molar-refractivity contribution < 1.29 is 12.9 Å². The van der Waals surface area contributed by atoms with E-state index in [4.69, 9.17) is 4.52 Å². The molecule has 3 aromatic rings. The second-order valence-corrected chi connectivity index (χ2v) is 8.74. The highest BCUT2D eigenvalue weighted by molar-refractivity contribution is 7.89. The molecule has 3 N–H and O–H groups in total. The Hall–Kier alpha value is -2.39. The number of nitrogens with zero attached hydrogens (tertiary/aromatic N) is 1. The molecule has 0 bridgehead atoms. The van der Waals surface area contributed by atoms with Crippen molar-refractivity contribution in [3.05, 3.63) is 45.7 Å². The SMILES string of the molecule is Cc1cc2[nH]c(=O)[nH]c2cc1S(=O)(=O)NCc1conc1C(C)(C)C. The number of benzene rings is 1. The zero-order valence-corrected chi connectivity index (χ0v) is 15.2. The molecule has 0 amide bonds. The van der Waals surface area contributed by atoms with E-state index in [1.807, 2.05) is 20.8 Å². The number of rotatable bonds is 4. The molecular weight excluding hydrogens is 344 g/mol. The number of sulfonamides is 1. The molecule has 0 spiro atoms. The van der Waals surface area contributed by atoms with Crippen LogP contribution >= 0.6 is 0 Å². The molecule has 2 heterocycles. The van der Waals surface area contributed by atoms with Gasteiger partial charge in [-0.25, -0.2) is 17.9 Å². The molecule has 0 fully saturated rings.